The van der Waals surface area contributed by atoms with E-state index in [0.717, 1.165) is 10.0 Å². The zero-order valence-corrected chi connectivity index (χ0v) is 11.7. The molecule has 0 aliphatic carbocycles. The molecule has 0 radical (unpaired) electrons. The van der Waals surface area contributed by atoms with Crippen molar-refractivity contribution in [1.82, 2.24) is 0 Å². The molecule has 2 aromatic rings. The number of rotatable bonds is 2. The molecule has 18 heavy (non-hydrogen) atoms. The first-order chi connectivity index (χ1) is 8.49. The van der Waals surface area contributed by atoms with Gasteiger partial charge in [-0.25, -0.2) is 4.39 Å². The van der Waals surface area contributed by atoms with E-state index >= 15 is 0 Å². The number of carbonyl (C=O) groups excluding carboxylic acids is 1. The molecule has 92 valence electrons. The maximum absolute atomic E-state index is 13.0. The molecule has 0 fully saturated rings. The van der Waals surface area contributed by atoms with Crippen molar-refractivity contribution in [3.8, 4) is 0 Å². The summed E-state index contributed by atoms with van der Waals surface area (Å²) in [6.07, 6.45) is 0. The van der Waals surface area contributed by atoms with Gasteiger partial charge in [0.25, 0.3) is 0 Å². The van der Waals surface area contributed by atoms with Crippen molar-refractivity contribution in [2.24, 2.45) is 0 Å². The van der Waals surface area contributed by atoms with E-state index in [2.05, 4.69) is 15.9 Å². The lowest BCUT2D eigenvalue weighted by Gasteiger charge is -2.07. The number of hydrogen-bond donors (Lipinski definition) is 0. The summed E-state index contributed by atoms with van der Waals surface area (Å²) < 4.78 is 13.8. The largest absolute Gasteiger partial charge is 0.289 e. The summed E-state index contributed by atoms with van der Waals surface area (Å²) in [5, 5.41) is 0. The Morgan fingerprint density at radius 2 is 1.72 bits per heavy atom. The molecule has 0 aliphatic heterocycles. The molecular weight excluding hydrogens is 295 g/mol. The Morgan fingerprint density at radius 1 is 1.06 bits per heavy atom. The highest BCUT2D eigenvalue weighted by Gasteiger charge is 2.14. The topological polar surface area (TPSA) is 17.1 Å². The normalized spacial score (nSPS) is 10.4. The lowest BCUT2D eigenvalue weighted by Crippen LogP contribution is -2.05. The third-order valence-corrected chi connectivity index (χ3v) is 3.46. The highest BCUT2D eigenvalue weighted by atomic mass is 79.9. The van der Waals surface area contributed by atoms with E-state index < -0.39 is 0 Å². The summed E-state index contributed by atoms with van der Waals surface area (Å²) in [5.74, 6) is -0.425. The van der Waals surface area contributed by atoms with E-state index in [9.17, 15) is 9.18 Å². The first-order valence-corrected chi connectivity index (χ1v) is 6.35. The summed E-state index contributed by atoms with van der Waals surface area (Å²) >= 11 is 3.39. The standard InChI is InChI=1S/C15H12BrFO/c1-9-3-5-13(14(16)7-9)15(18)12-6-4-11(17)8-10(12)2/h3-8H,1-2H3. The van der Waals surface area contributed by atoms with Crippen LogP contribution in [0.15, 0.2) is 40.9 Å². The lowest BCUT2D eigenvalue weighted by atomic mass is 9.98. The molecule has 0 spiro atoms. The predicted molar refractivity (Wildman–Crippen MR) is 73.4 cm³/mol. The number of halogens is 2. The average Bonchev–Trinajstić information content (AvgIpc) is 2.28. The molecule has 0 atom stereocenters. The van der Waals surface area contributed by atoms with Crippen molar-refractivity contribution >= 4 is 21.7 Å². The van der Waals surface area contributed by atoms with Crippen LogP contribution in [-0.4, -0.2) is 5.78 Å². The van der Waals surface area contributed by atoms with Crippen molar-refractivity contribution < 1.29 is 9.18 Å². The molecule has 0 bridgehead atoms. The van der Waals surface area contributed by atoms with Gasteiger partial charge in [-0.15, -0.1) is 0 Å². The molecule has 0 aromatic heterocycles. The summed E-state index contributed by atoms with van der Waals surface area (Å²) in [7, 11) is 0. The fourth-order valence-corrected chi connectivity index (χ4v) is 2.50. The molecule has 0 amide bonds. The molecule has 0 unspecified atom stereocenters. The summed E-state index contributed by atoms with van der Waals surface area (Å²) in [5.41, 5.74) is 2.85. The van der Waals surface area contributed by atoms with Crippen molar-refractivity contribution in [3.63, 3.8) is 0 Å². The third-order valence-electron chi connectivity index (χ3n) is 2.80. The van der Waals surface area contributed by atoms with Crippen LogP contribution in [0.1, 0.15) is 27.0 Å². The monoisotopic (exact) mass is 306 g/mol. The number of ketones is 1. The van der Waals surface area contributed by atoms with E-state index in [1.165, 1.54) is 18.2 Å². The minimum absolute atomic E-state index is 0.0978. The maximum atomic E-state index is 13.0. The minimum atomic E-state index is -0.327. The molecule has 2 aromatic carbocycles. The van der Waals surface area contributed by atoms with Crippen LogP contribution in [0.3, 0.4) is 0 Å². The van der Waals surface area contributed by atoms with Crippen LogP contribution in [0.25, 0.3) is 0 Å². The SMILES string of the molecule is Cc1ccc(C(=O)c2ccc(F)cc2C)c(Br)c1. The Morgan fingerprint density at radius 3 is 2.33 bits per heavy atom. The van der Waals surface area contributed by atoms with Crippen LogP contribution < -0.4 is 0 Å². The molecule has 0 saturated heterocycles. The van der Waals surface area contributed by atoms with Gasteiger partial charge >= 0.3 is 0 Å². The molecule has 3 heteroatoms. The minimum Gasteiger partial charge on any atom is -0.289 e. The molecule has 1 nitrogen and oxygen atoms in total. The second-order valence-corrected chi connectivity index (χ2v) is 5.13. The lowest BCUT2D eigenvalue weighted by molar-refractivity contribution is 0.103. The molecule has 2 rings (SSSR count). The van der Waals surface area contributed by atoms with Gasteiger partial charge in [0.05, 0.1) is 0 Å². The van der Waals surface area contributed by atoms with Gasteiger partial charge in [-0.2, -0.15) is 0 Å². The van der Waals surface area contributed by atoms with Crippen LogP contribution in [0.4, 0.5) is 4.39 Å². The summed E-state index contributed by atoms with van der Waals surface area (Å²) in [6.45, 7) is 3.70. The van der Waals surface area contributed by atoms with Gasteiger partial charge in [0.2, 0.25) is 0 Å². The maximum Gasteiger partial charge on any atom is 0.194 e. The second-order valence-electron chi connectivity index (χ2n) is 4.27. The molecule has 0 N–H and O–H groups in total. The molecule has 0 saturated carbocycles. The molecule has 0 heterocycles. The highest BCUT2D eigenvalue weighted by Crippen LogP contribution is 2.23. The number of aryl methyl sites for hydroxylation is 2. The van der Waals surface area contributed by atoms with E-state index in [1.807, 2.05) is 19.1 Å². The van der Waals surface area contributed by atoms with Gasteiger partial charge in [-0.3, -0.25) is 4.79 Å². The van der Waals surface area contributed by atoms with Gasteiger partial charge < -0.3 is 0 Å². The van der Waals surface area contributed by atoms with Crippen LogP contribution in [-0.2, 0) is 0 Å². The number of hydrogen-bond acceptors (Lipinski definition) is 1. The van der Waals surface area contributed by atoms with Crippen molar-refractivity contribution in [2.45, 2.75) is 13.8 Å². The molecule has 0 aliphatic rings. The Hall–Kier alpha value is -1.48. The Labute approximate surface area is 114 Å². The van der Waals surface area contributed by atoms with Crippen LogP contribution in [0, 0.1) is 19.7 Å². The van der Waals surface area contributed by atoms with Crippen LogP contribution >= 0.6 is 15.9 Å². The summed E-state index contributed by atoms with van der Waals surface area (Å²) in [6, 6.07) is 9.77. The fourth-order valence-electron chi connectivity index (χ4n) is 1.83. The predicted octanol–water partition coefficient (Wildman–Crippen LogP) is 4.44. The van der Waals surface area contributed by atoms with E-state index in [1.54, 1.807) is 13.0 Å². The highest BCUT2D eigenvalue weighted by molar-refractivity contribution is 9.10. The first-order valence-electron chi connectivity index (χ1n) is 5.56. The number of benzene rings is 2. The Kier molecular flexibility index (Phi) is 3.62. The molecular formula is C15H12BrFO. The van der Waals surface area contributed by atoms with Crippen LogP contribution in [0.2, 0.25) is 0 Å². The Balaban J connectivity index is 2.48. The van der Waals surface area contributed by atoms with Gasteiger partial charge in [-0.1, -0.05) is 22.0 Å². The van der Waals surface area contributed by atoms with Gasteiger partial charge in [-0.05, 0) is 55.3 Å². The quantitative estimate of drug-likeness (QED) is 0.750. The fraction of sp³-hybridized carbons (Fsp3) is 0.133. The van der Waals surface area contributed by atoms with Gasteiger partial charge in [0.15, 0.2) is 5.78 Å². The van der Waals surface area contributed by atoms with Gasteiger partial charge in [0, 0.05) is 15.6 Å². The van der Waals surface area contributed by atoms with E-state index in [4.69, 9.17) is 0 Å². The second kappa shape index (κ2) is 5.02. The average molecular weight is 307 g/mol. The first kappa shape index (κ1) is 13.0. The van der Waals surface area contributed by atoms with E-state index in [-0.39, 0.29) is 11.6 Å². The summed E-state index contributed by atoms with van der Waals surface area (Å²) in [4.78, 5) is 12.4. The van der Waals surface area contributed by atoms with Crippen molar-refractivity contribution in [1.29, 1.82) is 0 Å². The number of carbonyl (C=O) groups is 1. The zero-order chi connectivity index (χ0) is 13.3. The zero-order valence-electron chi connectivity index (χ0n) is 10.1. The Bertz CT molecular complexity index is 566. The van der Waals surface area contributed by atoms with Crippen LogP contribution in [0.5, 0.6) is 0 Å². The van der Waals surface area contributed by atoms with E-state index in [0.29, 0.717) is 16.7 Å². The third kappa shape index (κ3) is 2.51. The van der Waals surface area contributed by atoms with Crippen molar-refractivity contribution in [2.75, 3.05) is 0 Å². The smallest absolute Gasteiger partial charge is 0.194 e. The van der Waals surface area contributed by atoms with Crippen molar-refractivity contribution in [3.05, 3.63) is 68.9 Å². The van der Waals surface area contributed by atoms with Gasteiger partial charge in [0.1, 0.15) is 5.82 Å².